The maximum absolute atomic E-state index is 12.6. The normalized spacial score (nSPS) is 12.4. The van der Waals surface area contributed by atoms with E-state index in [1.807, 2.05) is 67.6 Å². The van der Waals surface area contributed by atoms with Gasteiger partial charge in [-0.2, -0.15) is 5.10 Å². The largest absolute Gasteiger partial charge is 0.490 e. The highest BCUT2D eigenvalue weighted by molar-refractivity contribution is 5.88. The lowest BCUT2D eigenvalue weighted by Gasteiger charge is -2.15. The second-order valence-electron chi connectivity index (χ2n) is 6.56. The lowest BCUT2D eigenvalue weighted by atomic mass is 10.1. The number of benzene rings is 3. The highest BCUT2D eigenvalue weighted by Crippen LogP contribution is 2.25. The molecule has 0 saturated carbocycles. The van der Waals surface area contributed by atoms with Crippen LogP contribution in [0.1, 0.15) is 5.69 Å². The summed E-state index contributed by atoms with van der Waals surface area (Å²) < 4.78 is 7.13. The van der Waals surface area contributed by atoms with Gasteiger partial charge in [0.15, 0.2) is 0 Å². The average molecular weight is 360 g/mol. The molecule has 0 fully saturated rings. The van der Waals surface area contributed by atoms with Gasteiger partial charge in [-0.15, -0.1) is 0 Å². The van der Waals surface area contributed by atoms with Gasteiger partial charge in [-0.1, -0.05) is 54.6 Å². The Morgan fingerprint density at radius 3 is 2.44 bits per heavy atom. The molecular weight excluding hydrogens is 340 g/mol. The van der Waals surface area contributed by atoms with Gasteiger partial charge < -0.3 is 9.84 Å². The van der Waals surface area contributed by atoms with Crippen molar-refractivity contribution in [1.29, 1.82) is 0 Å². The summed E-state index contributed by atoms with van der Waals surface area (Å²) in [6.07, 6.45) is -0.852. The molecule has 0 bridgehead atoms. The molecule has 4 rings (SSSR count). The second-order valence-corrected chi connectivity index (χ2v) is 6.56. The maximum Gasteiger partial charge on any atom is 0.274 e. The predicted molar refractivity (Wildman–Crippen MR) is 106 cm³/mol. The fourth-order valence-electron chi connectivity index (χ4n) is 3.29. The van der Waals surface area contributed by atoms with Crippen LogP contribution in [0.4, 0.5) is 0 Å². The average Bonchev–Trinajstić information content (AvgIpc) is 2.70. The maximum atomic E-state index is 12.6. The summed E-state index contributed by atoms with van der Waals surface area (Å²) in [5.41, 5.74) is 0.549. The third-order valence-corrected chi connectivity index (χ3v) is 4.62. The molecule has 1 N–H and O–H groups in total. The van der Waals surface area contributed by atoms with Crippen molar-refractivity contribution < 1.29 is 9.84 Å². The number of hydrogen-bond acceptors (Lipinski definition) is 4. The Morgan fingerprint density at radius 1 is 0.963 bits per heavy atom. The minimum atomic E-state index is -0.852. The van der Waals surface area contributed by atoms with Crippen molar-refractivity contribution in [2.75, 3.05) is 6.61 Å². The van der Waals surface area contributed by atoms with Crippen LogP contribution in [0.5, 0.6) is 5.75 Å². The molecule has 4 aromatic rings. The van der Waals surface area contributed by atoms with E-state index in [1.165, 1.54) is 4.68 Å². The molecule has 136 valence electrons. The van der Waals surface area contributed by atoms with E-state index in [0.717, 1.165) is 21.9 Å². The molecule has 5 nitrogen and oxygen atoms in total. The van der Waals surface area contributed by atoms with Gasteiger partial charge in [0, 0.05) is 10.8 Å². The van der Waals surface area contributed by atoms with Crippen LogP contribution in [-0.4, -0.2) is 27.6 Å². The first-order chi connectivity index (χ1) is 13.1. The molecule has 27 heavy (non-hydrogen) atoms. The zero-order valence-electron chi connectivity index (χ0n) is 15.0. The summed E-state index contributed by atoms with van der Waals surface area (Å²) in [6.45, 7) is 2.01. The van der Waals surface area contributed by atoms with E-state index in [-0.39, 0.29) is 18.7 Å². The summed E-state index contributed by atoms with van der Waals surface area (Å²) in [5, 5.41) is 18.2. The lowest BCUT2D eigenvalue weighted by Crippen LogP contribution is -2.32. The van der Waals surface area contributed by atoms with Crippen LogP contribution in [0.3, 0.4) is 0 Å². The minimum Gasteiger partial charge on any atom is -0.490 e. The molecule has 0 amide bonds. The number of aliphatic hydroxyl groups excluding tert-OH is 1. The van der Waals surface area contributed by atoms with Gasteiger partial charge in [0.05, 0.1) is 17.6 Å². The second kappa shape index (κ2) is 7.21. The number of aromatic nitrogens is 2. The van der Waals surface area contributed by atoms with Crippen LogP contribution in [-0.2, 0) is 6.54 Å². The molecule has 0 spiro atoms. The van der Waals surface area contributed by atoms with Gasteiger partial charge in [0.1, 0.15) is 18.5 Å². The van der Waals surface area contributed by atoms with Gasteiger partial charge in [-0.25, -0.2) is 4.68 Å². The van der Waals surface area contributed by atoms with Crippen molar-refractivity contribution in [2.24, 2.45) is 0 Å². The predicted octanol–water partition coefficient (Wildman–Crippen LogP) is 3.30. The molecular formula is C22H20N2O3. The first-order valence-corrected chi connectivity index (χ1v) is 8.88. The molecule has 1 heterocycles. The van der Waals surface area contributed by atoms with Crippen molar-refractivity contribution >= 4 is 21.5 Å². The molecule has 0 aliphatic heterocycles. The smallest absolute Gasteiger partial charge is 0.274 e. The first kappa shape index (κ1) is 17.2. The van der Waals surface area contributed by atoms with Crippen LogP contribution in [0.15, 0.2) is 71.5 Å². The third kappa shape index (κ3) is 3.41. The lowest BCUT2D eigenvalue weighted by molar-refractivity contribution is 0.0887. The zero-order chi connectivity index (χ0) is 18.8. The first-order valence-electron chi connectivity index (χ1n) is 8.88. The Hall–Kier alpha value is -3.18. The number of aryl methyl sites for hydroxylation is 1. The Morgan fingerprint density at radius 2 is 1.63 bits per heavy atom. The standard InChI is InChI=1S/C22H20N2O3/c1-15-18-9-4-5-11-20(18)22(26)24(23-15)13-17(25)14-27-21-12-6-8-16-7-2-3-10-19(16)21/h2-12,17,25H,13-14H2,1H3. The molecule has 1 atom stereocenters. The number of nitrogens with zero attached hydrogens (tertiary/aromatic N) is 2. The third-order valence-electron chi connectivity index (χ3n) is 4.62. The van der Waals surface area contributed by atoms with Gasteiger partial charge in [0.2, 0.25) is 0 Å². The molecule has 0 saturated heterocycles. The topological polar surface area (TPSA) is 64.3 Å². The molecule has 0 aliphatic rings. The van der Waals surface area contributed by atoms with E-state index in [4.69, 9.17) is 4.74 Å². The van der Waals surface area contributed by atoms with Gasteiger partial charge in [-0.05, 0) is 24.4 Å². The van der Waals surface area contributed by atoms with E-state index < -0.39 is 6.10 Å². The molecule has 0 aliphatic carbocycles. The highest BCUT2D eigenvalue weighted by atomic mass is 16.5. The number of fused-ring (bicyclic) bond motifs is 2. The molecule has 1 aromatic heterocycles. The Labute approximate surface area is 156 Å². The van der Waals surface area contributed by atoms with Gasteiger partial charge in [0.25, 0.3) is 5.56 Å². The van der Waals surface area contributed by atoms with E-state index in [0.29, 0.717) is 11.1 Å². The van der Waals surface area contributed by atoms with Crippen molar-refractivity contribution in [3.63, 3.8) is 0 Å². The van der Waals surface area contributed by atoms with Crippen molar-refractivity contribution in [1.82, 2.24) is 9.78 Å². The van der Waals surface area contributed by atoms with Crippen LogP contribution in [0.25, 0.3) is 21.5 Å². The monoisotopic (exact) mass is 360 g/mol. The highest BCUT2D eigenvalue weighted by Gasteiger charge is 2.13. The number of ether oxygens (including phenoxy) is 1. The summed E-state index contributed by atoms with van der Waals surface area (Å²) in [7, 11) is 0. The fourth-order valence-corrected chi connectivity index (χ4v) is 3.29. The Bertz CT molecular complexity index is 1160. The van der Waals surface area contributed by atoms with E-state index >= 15 is 0 Å². The van der Waals surface area contributed by atoms with E-state index in [1.54, 1.807) is 6.07 Å². The number of aliphatic hydroxyl groups is 1. The van der Waals surface area contributed by atoms with Gasteiger partial charge in [-0.3, -0.25) is 4.79 Å². The zero-order valence-corrected chi connectivity index (χ0v) is 15.0. The summed E-state index contributed by atoms with van der Waals surface area (Å²) >= 11 is 0. The summed E-state index contributed by atoms with van der Waals surface area (Å²) in [4.78, 5) is 12.6. The quantitative estimate of drug-likeness (QED) is 0.593. The van der Waals surface area contributed by atoms with Crippen molar-refractivity contribution in [3.05, 3.63) is 82.8 Å². The van der Waals surface area contributed by atoms with Gasteiger partial charge >= 0.3 is 0 Å². The van der Waals surface area contributed by atoms with Crippen LogP contribution >= 0.6 is 0 Å². The SMILES string of the molecule is Cc1nn(CC(O)COc2cccc3ccccc23)c(=O)c2ccccc12. The van der Waals surface area contributed by atoms with Crippen LogP contribution in [0.2, 0.25) is 0 Å². The molecule has 3 aromatic carbocycles. The van der Waals surface area contributed by atoms with E-state index in [2.05, 4.69) is 5.10 Å². The van der Waals surface area contributed by atoms with E-state index in [9.17, 15) is 9.90 Å². The van der Waals surface area contributed by atoms with Crippen molar-refractivity contribution in [2.45, 2.75) is 19.6 Å². The fraction of sp³-hybridized carbons (Fsp3) is 0.182. The minimum absolute atomic E-state index is 0.0774. The molecule has 1 unspecified atom stereocenters. The summed E-state index contributed by atoms with van der Waals surface area (Å²) in [5.74, 6) is 0.710. The molecule has 0 radical (unpaired) electrons. The van der Waals surface area contributed by atoms with Crippen LogP contribution < -0.4 is 10.3 Å². The molecule has 5 heteroatoms. The Balaban J connectivity index is 1.53. The number of rotatable bonds is 5. The van der Waals surface area contributed by atoms with Crippen LogP contribution in [0, 0.1) is 6.92 Å². The number of hydrogen-bond donors (Lipinski definition) is 1. The summed E-state index contributed by atoms with van der Waals surface area (Å²) in [6, 6.07) is 21.1. The van der Waals surface area contributed by atoms with Crippen molar-refractivity contribution in [3.8, 4) is 5.75 Å². The Kier molecular flexibility index (Phi) is 4.60.